The molecular formula is C11H11NO6. The maximum atomic E-state index is 11.2. The lowest BCUT2D eigenvalue weighted by Crippen LogP contribution is -2.22. The van der Waals surface area contributed by atoms with Crippen LogP contribution in [0.15, 0.2) is 18.2 Å². The molecule has 1 fully saturated rings. The molecule has 7 nitrogen and oxygen atoms in total. The molecule has 0 bridgehead atoms. The Morgan fingerprint density at radius 1 is 1.50 bits per heavy atom. The van der Waals surface area contributed by atoms with Gasteiger partial charge in [-0.3, -0.25) is 10.1 Å². The van der Waals surface area contributed by atoms with Crippen molar-refractivity contribution in [3.8, 4) is 11.5 Å². The van der Waals surface area contributed by atoms with Crippen LogP contribution in [0.25, 0.3) is 0 Å². The summed E-state index contributed by atoms with van der Waals surface area (Å²) in [6.07, 6.45) is -0.390. The van der Waals surface area contributed by atoms with Gasteiger partial charge in [-0.15, -0.1) is 0 Å². The highest BCUT2D eigenvalue weighted by atomic mass is 16.6. The van der Waals surface area contributed by atoms with Gasteiger partial charge in [0.15, 0.2) is 11.9 Å². The maximum Gasteiger partial charge on any atom is 0.347 e. The summed E-state index contributed by atoms with van der Waals surface area (Å²) < 4.78 is 14.9. The minimum Gasteiger partial charge on any atom is -0.496 e. The Morgan fingerprint density at radius 2 is 2.28 bits per heavy atom. The molecule has 0 aliphatic carbocycles. The van der Waals surface area contributed by atoms with Gasteiger partial charge in [0.05, 0.1) is 24.7 Å². The summed E-state index contributed by atoms with van der Waals surface area (Å²) in [5.74, 6) is -0.118. The molecule has 0 saturated carbocycles. The quantitative estimate of drug-likeness (QED) is 0.456. The van der Waals surface area contributed by atoms with Crippen molar-refractivity contribution in [3.63, 3.8) is 0 Å². The number of carbonyl (C=O) groups excluding carboxylic acids is 1. The predicted octanol–water partition coefficient (Wildman–Crippen LogP) is 1.30. The highest BCUT2D eigenvalue weighted by molar-refractivity contribution is 5.77. The third-order valence-electron chi connectivity index (χ3n) is 2.52. The van der Waals surface area contributed by atoms with E-state index in [-0.39, 0.29) is 18.0 Å². The molecule has 0 radical (unpaired) electrons. The molecule has 2 rings (SSSR count). The van der Waals surface area contributed by atoms with Crippen molar-refractivity contribution in [2.24, 2.45) is 0 Å². The number of ether oxygens (including phenoxy) is 3. The first kappa shape index (κ1) is 12.2. The van der Waals surface area contributed by atoms with Crippen LogP contribution in [-0.2, 0) is 9.53 Å². The van der Waals surface area contributed by atoms with Gasteiger partial charge in [0.1, 0.15) is 5.75 Å². The van der Waals surface area contributed by atoms with Gasteiger partial charge in [0.2, 0.25) is 0 Å². The third-order valence-corrected chi connectivity index (χ3v) is 2.52. The van der Waals surface area contributed by atoms with E-state index in [9.17, 15) is 14.9 Å². The molecule has 1 heterocycles. The smallest absolute Gasteiger partial charge is 0.347 e. The van der Waals surface area contributed by atoms with E-state index in [4.69, 9.17) is 14.2 Å². The maximum absolute atomic E-state index is 11.2. The second-order valence-electron chi connectivity index (χ2n) is 3.65. The first-order valence-corrected chi connectivity index (χ1v) is 5.27. The monoisotopic (exact) mass is 253 g/mol. The van der Waals surface area contributed by atoms with Crippen LogP contribution in [0.2, 0.25) is 0 Å². The van der Waals surface area contributed by atoms with Crippen LogP contribution in [0, 0.1) is 10.1 Å². The zero-order valence-corrected chi connectivity index (χ0v) is 9.62. The van der Waals surface area contributed by atoms with Crippen molar-refractivity contribution < 1.29 is 23.9 Å². The van der Waals surface area contributed by atoms with Crippen LogP contribution in [0.3, 0.4) is 0 Å². The van der Waals surface area contributed by atoms with E-state index >= 15 is 0 Å². The summed E-state index contributed by atoms with van der Waals surface area (Å²) in [6.45, 7) is 0.271. The Labute approximate surface area is 102 Å². The van der Waals surface area contributed by atoms with E-state index in [1.807, 2.05) is 0 Å². The average Bonchev–Trinajstić information content (AvgIpc) is 2.75. The number of nitrogens with zero attached hydrogens (tertiary/aromatic N) is 1. The summed E-state index contributed by atoms with van der Waals surface area (Å²) in [7, 11) is 1.41. The average molecular weight is 253 g/mol. The Hall–Kier alpha value is -2.31. The molecule has 1 aliphatic rings. The Bertz CT molecular complexity index is 486. The van der Waals surface area contributed by atoms with E-state index in [0.29, 0.717) is 12.2 Å². The lowest BCUT2D eigenvalue weighted by atomic mass is 10.2. The number of esters is 1. The van der Waals surface area contributed by atoms with Gasteiger partial charge >= 0.3 is 11.7 Å². The molecule has 1 saturated heterocycles. The number of cyclic esters (lactones) is 1. The fourth-order valence-corrected chi connectivity index (χ4v) is 1.60. The summed E-state index contributed by atoms with van der Waals surface area (Å²) in [6, 6.07) is 4.18. The van der Waals surface area contributed by atoms with Gasteiger partial charge in [-0.05, 0) is 12.1 Å². The van der Waals surface area contributed by atoms with Gasteiger partial charge in [-0.1, -0.05) is 0 Å². The molecule has 1 atom stereocenters. The zero-order valence-electron chi connectivity index (χ0n) is 9.62. The minimum atomic E-state index is -0.780. The van der Waals surface area contributed by atoms with Crippen LogP contribution in [0.1, 0.15) is 6.42 Å². The van der Waals surface area contributed by atoms with E-state index in [1.54, 1.807) is 0 Å². The lowest BCUT2D eigenvalue weighted by Gasteiger charge is -2.10. The number of hydrogen-bond donors (Lipinski definition) is 0. The van der Waals surface area contributed by atoms with E-state index in [0.717, 1.165) is 0 Å². The molecule has 18 heavy (non-hydrogen) atoms. The number of carbonyl (C=O) groups is 1. The molecule has 0 amide bonds. The largest absolute Gasteiger partial charge is 0.496 e. The summed E-state index contributed by atoms with van der Waals surface area (Å²) in [5, 5.41) is 10.9. The molecule has 1 aromatic rings. The minimum absolute atomic E-state index is 0.0321. The molecule has 0 N–H and O–H groups in total. The van der Waals surface area contributed by atoms with Crippen LogP contribution in [0.4, 0.5) is 5.69 Å². The normalized spacial score (nSPS) is 18.3. The highest BCUT2D eigenvalue weighted by Gasteiger charge is 2.30. The standard InChI is InChI=1S/C11H11NO6/c1-16-7-2-3-9(8(6-7)12(14)15)18-10-4-5-17-11(10)13/h2-3,6,10H,4-5H2,1H3/t10-/m1/s1. The lowest BCUT2D eigenvalue weighted by molar-refractivity contribution is -0.386. The molecule has 1 aliphatic heterocycles. The summed E-state index contributed by atoms with van der Waals surface area (Å²) in [4.78, 5) is 21.6. The van der Waals surface area contributed by atoms with Crippen molar-refractivity contribution in [1.29, 1.82) is 0 Å². The molecule has 0 spiro atoms. The van der Waals surface area contributed by atoms with Crippen molar-refractivity contribution in [3.05, 3.63) is 28.3 Å². The fraction of sp³-hybridized carbons (Fsp3) is 0.364. The Balaban J connectivity index is 2.26. The Morgan fingerprint density at radius 3 is 2.83 bits per heavy atom. The first-order valence-electron chi connectivity index (χ1n) is 5.27. The SMILES string of the molecule is COc1ccc(O[C@@H]2CCOC2=O)c([N+](=O)[O-])c1. The van der Waals surface area contributed by atoms with Gasteiger partial charge in [-0.2, -0.15) is 0 Å². The zero-order chi connectivity index (χ0) is 13.1. The highest BCUT2D eigenvalue weighted by Crippen LogP contribution is 2.32. The van der Waals surface area contributed by atoms with Gasteiger partial charge in [0.25, 0.3) is 0 Å². The molecular weight excluding hydrogens is 242 g/mol. The number of nitro benzene ring substituents is 1. The van der Waals surface area contributed by atoms with E-state index < -0.39 is 17.0 Å². The predicted molar refractivity (Wildman–Crippen MR) is 59.6 cm³/mol. The Kier molecular flexibility index (Phi) is 3.31. The van der Waals surface area contributed by atoms with Crippen molar-refractivity contribution in [1.82, 2.24) is 0 Å². The summed E-state index contributed by atoms with van der Waals surface area (Å²) >= 11 is 0. The van der Waals surface area contributed by atoms with Crippen LogP contribution in [-0.4, -0.2) is 30.7 Å². The summed E-state index contributed by atoms with van der Waals surface area (Å²) in [5.41, 5.74) is -0.242. The number of benzene rings is 1. The van der Waals surface area contributed by atoms with E-state index in [2.05, 4.69) is 0 Å². The number of hydrogen-bond acceptors (Lipinski definition) is 6. The first-order chi connectivity index (χ1) is 8.61. The molecule has 0 aromatic heterocycles. The van der Waals surface area contributed by atoms with Crippen molar-refractivity contribution in [2.45, 2.75) is 12.5 Å². The van der Waals surface area contributed by atoms with Crippen LogP contribution >= 0.6 is 0 Å². The van der Waals surface area contributed by atoms with Gasteiger partial charge in [-0.25, -0.2) is 4.79 Å². The second kappa shape index (κ2) is 4.91. The third kappa shape index (κ3) is 2.34. The van der Waals surface area contributed by atoms with Crippen LogP contribution in [0.5, 0.6) is 11.5 Å². The van der Waals surface area contributed by atoms with Gasteiger partial charge in [0, 0.05) is 6.42 Å². The molecule has 0 unspecified atom stereocenters. The van der Waals surface area contributed by atoms with Gasteiger partial charge < -0.3 is 14.2 Å². The molecule has 96 valence electrons. The molecule has 1 aromatic carbocycles. The topological polar surface area (TPSA) is 87.9 Å². The van der Waals surface area contributed by atoms with Crippen molar-refractivity contribution >= 4 is 11.7 Å². The molecule has 7 heteroatoms. The number of methoxy groups -OCH3 is 1. The number of rotatable bonds is 4. The fourth-order valence-electron chi connectivity index (χ4n) is 1.60. The van der Waals surface area contributed by atoms with E-state index in [1.165, 1.54) is 25.3 Å². The second-order valence-corrected chi connectivity index (χ2v) is 3.65. The van der Waals surface area contributed by atoms with Crippen molar-refractivity contribution in [2.75, 3.05) is 13.7 Å². The van der Waals surface area contributed by atoms with Crippen LogP contribution < -0.4 is 9.47 Å². The number of nitro groups is 1.